The zero-order valence-electron chi connectivity index (χ0n) is 10.7. The van der Waals surface area contributed by atoms with Crippen LogP contribution in [0.2, 0.25) is 0 Å². The van der Waals surface area contributed by atoms with E-state index in [0.717, 1.165) is 0 Å². The number of benzene rings is 1. The number of carboxylic acid groups (broad SMARTS) is 1. The van der Waals surface area contributed by atoms with Crippen molar-refractivity contribution in [3.05, 3.63) is 47.3 Å². The predicted octanol–water partition coefficient (Wildman–Crippen LogP) is 1.91. The zero-order valence-corrected chi connectivity index (χ0v) is 11.6. The molecule has 2 rings (SSSR count). The fraction of sp³-hybridized carbons (Fsp3) is 0.231. The average Bonchev–Trinajstić information content (AvgIpc) is 2.89. The van der Waals surface area contributed by atoms with Crippen molar-refractivity contribution in [2.75, 3.05) is 0 Å². The molecule has 7 heteroatoms. The van der Waals surface area contributed by atoms with Crippen LogP contribution >= 0.6 is 0 Å². The van der Waals surface area contributed by atoms with Crippen molar-refractivity contribution in [2.45, 2.75) is 24.0 Å². The average molecular weight is 295 g/mol. The monoisotopic (exact) mass is 295 g/mol. The highest BCUT2D eigenvalue weighted by atomic mass is 32.2. The van der Waals surface area contributed by atoms with E-state index < -0.39 is 15.8 Å². The highest BCUT2D eigenvalue weighted by Crippen LogP contribution is 2.20. The summed E-state index contributed by atoms with van der Waals surface area (Å²) in [6, 6.07) is 4.15. The zero-order chi connectivity index (χ0) is 14.8. The molecule has 0 amide bonds. The number of carboxylic acids is 1. The highest BCUT2D eigenvalue weighted by molar-refractivity contribution is 7.90. The smallest absolute Gasteiger partial charge is 0.336 e. The first-order valence-electron chi connectivity index (χ1n) is 5.91. The minimum absolute atomic E-state index is 0.0129. The van der Waals surface area contributed by atoms with Crippen molar-refractivity contribution < 1.29 is 22.8 Å². The second kappa shape index (κ2) is 5.46. The fourth-order valence-corrected chi connectivity index (χ4v) is 3.18. The van der Waals surface area contributed by atoms with Gasteiger partial charge in [-0.1, -0.05) is 18.1 Å². The van der Waals surface area contributed by atoms with Crippen molar-refractivity contribution in [3.63, 3.8) is 0 Å². The third-order valence-electron chi connectivity index (χ3n) is 2.89. The molecule has 106 valence electrons. The van der Waals surface area contributed by atoms with Crippen LogP contribution in [0, 0.1) is 0 Å². The molecule has 1 aromatic heterocycles. The Balaban J connectivity index is 2.42. The van der Waals surface area contributed by atoms with Crippen molar-refractivity contribution in [2.24, 2.45) is 0 Å². The minimum atomic E-state index is -3.63. The molecule has 0 aliphatic rings. The van der Waals surface area contributed by atoms with Crippen molar-refractivity contribution in [3.8, 4) is 0 Å². The van der Waals surface area contributed by atoms with Crippen LogP contribution in [0.25, 0.3) is 0 Å². The maximum atomic E-state index is 12.2. The number of carbonyl (C=O) groups is 1. The molecule has 0 saturated carbocycles. The maximum Gasteiger partial charge on any atom is 0.336 e. The summed E-state index contributed by atoms with van der Waals surface area (Å²) >= 11 is 0. The van der Waals surface area contributed by atoms with E-state index in [4.69, 9.17) is 5.11 Å². The molecule has 0 aliphatic carbocycles. The van der Waals surface area contributed by atoms with E-state index in [-0.39, 0.29) is 16.2 Å². The van der Waals surface area contributed by atoms with E-state index in [0.29, 0.717) is 17.5 Å². The van der Waals surface area contributed by atoms with E-state index >= 15 is 0 Å². The molecule has 0 fully saturated rings. The summed E-state index contributed by atoms with van der Waals surface area (Å²) in [4.78, 5) is 11.1. The van der Waals surface area contributed by atoms with Crippen LogP contribution in [0.1, 0.15) is 28.4 Å². The van der Waals surface area contributed by atoms with Crippen LogP contribution < -0.4 is 0 Å². The van der Waals surface area contributed by atoms with Gasteiger partial charge >= 0.3 is 5.97 Å². The molecule has 0 saturated heterocycles. The van der Waals surface area contributed by atoms with Gasteiger partial charge in [-0.3, -0.25) is 0 Å². The number of hydrogen-bond donors (Lipinski definition) is 1. The van der Waals surface area contributed by atoms with Gasteiger partial charge in [0.25, 0.3) is 0 Å². The second-order valence-corrected chi connectivity index (χ2v) is 6.26. The molecule has 1 N–H and O–H groups in total. The minimum Gasteiger partial charge on any atom is -0.478 e. The number of hydrogen-bond acceptors (Lipinski definition) is 5. The SMILES string of the molecule is CCc1ccc(S(=O)(=O)Cc2cnoc2)cc1C(=O)O. The van der Waals surface area contributed by atoms with E-state index in [1.165, 1.54) is 30.7 Å². The lowest BCUT2D eigenvalue weighted by Crippen LogP contribution is -2.08. The van der Waals surface area contributed by atoms with Crippen LogP contribution in [-0.4, -0.2) is 24.7 Å². The molecule has 0 spiro atoms. The third kappa shape index (κ3) is 2.88. The van der Waals surface area contributed by atoms with Crippen molar-refractivity contribution in [1.82, 2.24) is 5.16 Å². The summed E-state index contributed by atoms with van der Waals surface area (Å²) in [6.07, 6.45) is 3.08. The number of rotatable bonds is 5. The molecule has 6 nitrogen and oxygen atoms in total. The largest absolute Gasteiger partial charge is 0.478 e. The van der Waals surface area contributed by atoms with Gasteiger partial charge in [-0.25, -0.2) is 13.2 Å². The van der Waals surface area contributed by atoms with Gasteiger partial charge in [0.05, 0.1) is 22.4 Å². The van der Waals surface area contributed by atoms with Gasteiger partial charge in [-0.05, 0) is 24.1 Å². The number of aryl methyl sites for hydroxylation is 1. The van der Waals surface area contributed by atoms with E-state index in [9.17, 15) is 13.2 Å². The molecule has 0 bridgehead atoms. The van der Waals surface area contributed by atoms with Crippen LogP contribution in [0.3, 0.4) is 0 Å². The second-order valence-electron chi connectivity index (χ2n) is 4.27. The first-order chi connectivity index (χ1) is 9.44. The molecule has 0 unspecified atom stereocenters. The standard InChI is InChI=1S/C13H13NO5S/c1-2-10-3-4-11(5-12(10)13(15)16)20(17,18)8-9-6-14-19-7-9/h3-7H,2,8H2,1H3,(H,15,16). The number of aromatic carboxylic acids is 1. The Kier molecular flexibility index (Phi) is 3.89. The first kappa shape index (κ1) is 14.3. The summed E-state index contributed by atoms with van der Waals surface area (Å²) in [5, 5.41) is 12.6. The Morgan fingerprint density at radius 1 is 1.40 bits per heavy atom. The van der Waals surface area contributed by atoms with Crippen LogP contribution in [0.5, 0.6) is 0 Å². The molecule has 0 atom stereocenters. The third-order valence-corrected chi connectivity index (χ3v) is 4.58. The van der Waals surface area contributed by atoms with Crippen molar-refractivity contribution in [1.29, 1.82) is 0 Å². The molecule has 0 aliphatic heterocycles. The molecule has 0 radical (unpaired) electrons. The maximum absolute atomic E-state index is 12.2. The summed E-state index contributed by atoms with van der Waals surface area (Å²) in [7, 11) is -3.63. The van der Waals surface area contributed by atoms with E-state index in [2.05, 4.69) is 9.68 Å². The van der Waals surface area contributed by atoms with Gasteiger partial charge in [0.2, 0.25) is 0 Å². The van der Waals surface area contributed by atoms with E-state index in [1.807, 2.05) is 6.92 Å². The fourth-order valence-electron chi connectivity index (χ4n) is 1.86. The molecule has 20 heavy (non-hydrogen) atoms. The Morgan fingerprint density at radius 2 is 2.15 bits per heavy atom. The molecular weight excluding hydrogens is 282 g/mol. The predicted molar refractivity (Wildman–Crippen MR) is 70.2 cm³/mol. The molecule has 1 aromatic carbocycles. The Bertz CT molecular complexity index is 719. The first-order valence-corrected chi connectivity index (χ1v) is 7.56. The van der Waals surface area contributed by atoms with Gasteiger partial charge in [0.15, 0.2) is 9.84 Å². The van der Waals surface area contributed by atoms with Gasteiger partial charge in [-0.2, -0.15) is 0 Å². The summed E-state index contributed by atoms with van der Waals surface area (Å²) < 4.78 is 29.0. The van der Waals surface area contributed by atoms with Crippen LogP contribution in [-0.2, 0) is 22.0 Å². The number of aromatic nitrogens is 1. The Hall–Kier alpha value is -2.15. The lowest BCUT2D eigenvalue weighted by atomic mass is 10.1. The summed E-state index contributed by atoms with van der Waals surface area (Å²) in [6.45, 7) is 1.81. The summed E-state index contributed by atoms with van der Waals surface area (Å²) in [5.41, 5.74) is 1.03. The van der Waals surface area contributed by atoms with Crippen LogP contribution in [0.15, 0.2) is 40.1 Å². The number of nitrogens with zero attached hydrogens (tertiary/aromatic N) is 1. The van der Waals surface area contributed by atoms with Gasteiger partial charge < -0.3 is 9.63 Å². The summed E-state index contributed by atoms with van der Waals surface area (Å²) in [5.74, 6) is -1.41. The van der Waals surface area contributed by atoms with Crippen LogP contribution in [0.4, 0.5) is 0 Å². The Morgan fingerprint density at radius 3 is 2.70 bits per heavy atom. The van der Waals surface area contributed by atoms with Gasteiger partial charge in [0, 0.05) is 5.56 Å². The number of sulfone groups is 1. The molecule has 2 aromatic rings. The van der Waals surface area contributed by atoms with E-state index in [1.54, 1.807) is 0 Å². The lowest BCUT2D eigenvalue weighted by molar-refractivity contribution is 0.0695. The topological polar surface area (TPSA) is 97.5 Å². The highest BCUT2D eigenvalue weighted by Gasteiger charge is 2.19. The normalized spacial score (nSPS) is 11.4. The molecule has 1 heterocycles. The van der Waals surface area contributed by atoms with Gasteiger partial charge in [0.1, 0.15) is 6.26 Å². The molecular formula is C13H13NO5S. The Labute approximate surface area is 115 Å². The quantitative estimate of drug-likeness (QED) is 0.904. The lowest BCUT2D eigenvalue weighted by Gasteiger charge is -2.07. The van der Waals surface area contributed by atoms with Gasteiger partial charge in [-0.15, -0.1) is 0 Å². The van der Waals surface area contributed by atoms with Crippen molar-refractivity contribution >= 4 is 15.8 Å².